The number of para-hydroxylation sites is 1. The average Bonchev–Trinajstić information content (AvgIpc) is 2.57. The molecule has 0 amide bonds. The van der Waals surface area contributed by atoms with E-state index in [4.69, 9.17) is 0 Å². The summed E-state index contributed by atoms with van der Waals surface area (Å²) in [4.78, 5) is 8.78. The Bertz CT molecular complexity index is 615. The number of guanidine groups is 1. The largest absolute Gasteiger partial charge is 0.368 e. The molecule has 0 aliphatic carbocycles. The van der Waals surface area contributed by atoms with Crippen LogP contribution in [0.5, 0.6) is 0 Å². The molecule has 1 heterocycles. The van der Waals surface area contributed by atoms with Crippen LogP contribution in [0.3, 0.4) is 0 Å². The summed E-state index contributed by atoms with van der Waals surface area (Å²) in [7, 11) is 1.79. The number of unbranched alkanes of at least 4 members (excludes halogenated alkanes) is 1. The van der Waals surface area contributed by atoms with Crippen LogP contribution >= 0.6 is 24.0 Å². The van der Waals surface area contributed by atoms with E-state index in [1.807, 2.05) is 24.3 Å². The average molecular weight is 427 g/mol. The summed E-state index contributed by atoms with van der Waals surface area (Å²) < 4.78 is 0. The van der Waals surface area contributed by atoms with E-state index < -0.39 is 0 Å². The predicted octanol–water partition coefficient (Wildman–Crippen LogP) is 3.23. The number of benzene rings is 1. The zero-order valence-corrected chi connectivity index (χ0v) is 16.1. The van der Waals surface area contributed by atoms with E-state index in [-0.39, 0.29) is 24.0 Å². The van der Waals surface area contributed by atoms with Gasteiger partial charge < -0.3 is 16.0 Å². The Balaban J connectivity index is 0.00000264. The molecule has 0 atom stereocenters. The molecule has 0 spiro atoms. The van der Waals surface area contributed by atoms with Gasteiger partial charge in [-0.25, -0.2) is 4.98 Å². The second kappa shape index (κ2) is 11.0. The van der Waals surface area contributed by atoms with Gasteiger partial charge in [-0.05, 0) is 24.6 Å². The lowest BCUT2D eigenvalue weighted by molar-refractivity contribution is 0.730. The van der Waals surface area contributed by atoms with E-state index in [1.165, 1.54) is 6.42 Å². The first-order valence-electron chi connectivity index (χ1n) is 7.87. The number of nitrogens with zero attached hydrogens (tertiary/aromatic N) is 2. The molecule has 0 saturated carbocycles. The van der Waals surface area contributed by atoms with Crippen LogP contribution in [0.1, 0.15) is 19.8 Å². The summed E-state index contributed by atoms with van der Waals surface area (Å²) in [5.74, 6) is 1.75. The zero-order valence-electron chi connectivity index (χ0n) is 13.8. The summed E-state index contributed by atoms with van der Waals surface area (Å²) in [5, 5.41) is 11.1. The summed E-state index contributed by atoms with van der Waals surface area (Å²) >= 11 is 0. The molecule has 23 heavy (non-hydrogen) atoms. The van der Waals surface area contributed by atoms with Crippen molar-refractivity contribution in [3.63, 3.8) is 0 Å². The minimum Gasteiger partial charge on any atom is -0.368 e. The molecule has 0 unspecified atom stereocenters. The number of aliphatic imine (C=N–C) groups is 1. The lowest BCUT2D eigenvalue weighted by atomic mass is 10.2. The lowest BCUT2D eigenvalue weighted by Gasteiger charge is -2.12. The number of aromatic nitrogens is 1. The third-order valence-electron chi connectivity index (χ3n) is 3.37. The molecule has 0 aliphatic heterocycles. The smallest absolute Gasteiger partial charge is 0.191 e. The maximum atomic E-state index is 4.59. The van der Waals surface area contributed by atoms with Crippen molar-refractivity contribution >= 4 is 46.7 Å². The van der Waals surface area contributed by atoms with Crippen LogP contribution in [0.25, 0.3) is 10.9 Å². The van der Waals surface area contributed by atoms with E-state index in [0.29, 0.717) is 0 Å². The predicted molar refractivity (Wildman–Crippen MR) is 110 cm³/mol. The van der Waals surface area contributed by atoms with Gasteiger partial charge in [0.1, 0.15) is 5.82 Å². The summed E-state index contributed by atoms with van der Waals surface area (Å²) in [6, 6.07) is 12.2. The Labute approximate surface area is 155 Å². The van der Waals surface area contributed by atoms with Crippen LogP contribution < -0.4 is 16.0 Å². The van der Waals surface area contributed by atoms with Crippen LogP contribution in [0.15, 0.2) is 41.4 Å². The van der Waals surface area contributed by atoms with Gasteiger partial charge in [-0.2, -0.15) is 0 Å². The Morgan fingerprint density at radius 1 is 1.04 bits per heavy atom. The number of fused-ring (bicyclic) bond motifs is 1. The van der Waals surface area contributed by atoms with Gasteiger partial charge in [0, 0.05) is 32.1 Å². The quantitative estimate of drug-likeness (QED) is 0.275. The maximum Gasteiger partial charge on any atom is 0.191 e. The first-order chi connectivity index (χ1) is 10.8. The highest BCUT2D eigenvalue weighted by Crippen LogP contribution is 2.13. The molecule has 2 rings (SSSR count). The van der Waals surface area contributed by atoms with E-state index in [9.17, 15) is 0 Å². The zero-order chi connectivity index (χ0) is 15.6. The van der Waals surface area contributed by atoms with Gasteiger partial charge in [-0.1, -0.05) is 31.5 Å². The number of rotatable bonds is 7. The summed E-state index contributed by atoms with van der Waals surface area (Å²) in [6.07, 6.45) is 2.33. The standard InChI is InChI=1S/C17H25N5.HI/c1-3-4-11-20-17(18-2)21-13-12-19-16-10-9-14-7-5-6-8-15(14)22-16;/h5-10H,3-4,11-13H2,1-2H3,(H,19,22)(H2,18,20,21);1H. The van der Waals surface area contributed by atoms with Crippen molar-refractivity contribution in [2.45, 2.75) is 19.8 Å². The van der Waals surface area contributed by atoms with Crippen molar-refractivity contribution in [3.8, 4) is 0 Å². The highest BCUT2D eigenvalue weighted by Gasteiger charge is 1.98. The molecule has 0 saturated heterocycles. The third-order valence-corrected chi connectivity index (χ3v) is 3.37. The monoisotopic (exact) mass is 427 g/mol. The number of hydrogen-bond donors (Lipinski definition) is 3. The van der Waals surface area contributed by atoms with Crippen molar-refractivity contribution in [1.82, 2.24) is 15.6 Å². The maximum absolute atomic E-state index is 4.59. The molecule has 126 valence electrons. The van der Waals surface area contributed by atoms with Crippen molar-refractivity contribution in [2.75, 3.05) is 32.0 Å². The van der Waals surface area contributed by atoms with E-state index >= 15 is 0 Å². The highest BCUT2D eigenvalue weighted by molar-refractivity contribution is 14.0. The van der Waals surface area contributed by atoms with Gasteiger partial charge in [-0.3, -0.25) is 4.99 Å². The van der Waals surface area contributed by atoms with Gasteiger partial charge >= 0.3 is 0 Å². The number of halogens is 1. The molecule has 0 fully saturated rings. The molecule has 1 aromatic heterocycles. The summed E-state index contributed by atoms with van der Waals surface area (Å²) in [6.45, 7) is 4.72. The molecular weight excluding hydrogens is 401 g/mol. The van der Waals surface area contributed by atoms with Crippen LogP contribution in [-0.4, -0.2) is 37.6 Å². The van der Waals surface area contributed by atoms with Crippen LogP contribution in [0.4, 0.5) is 5.82 Å². The van der Waals surface area contributed by atoms with Gasteiger partial charge in [0.25, 0.3) is 0 Å². The highest BCUT2D eigenvalue weighted by atomic mass is 127. The van der Waals surface area contributed by atoms with Gasteiger partial charge in [0.15, 0.2) is 5.96 Å². The van der Waals surface area contributed by atoms with Gasteiger partial charge in [0.2, 0.25) is 0 Å². The second-order valence-electron chi connectivity index (χ2n) is 5.10. The van der Waals surface area contributed by atoms with Gasteiger partial charge in [-0.15, -0.1) is 24.0 Å². The van der Waals surface area contributed by atoms with Gasteiger partial charge in [0.05, 0.1) is 5.52 Å². The molecule has 6 heteroatoms. The molecular formula is C17H26IN5. The molecule has 2 aromatic rings. The fraction of sp³-hybridized carbons (Fsp3) is 0.412. The number of hydrogen-bond acceptors (Lipinski definition) is 3. The molecule has 0 radical (unpaired) electrons. The third kappa shape index (κ3) is 6.60. The van der Waals surface area contributed by atoms with Crippen LogP contribution in [0, 0.1) is 0 Å². The molecule has 5 nitrogen and oxygen atoms in total. The fourth-order valence-electron chi connectivity index (χ4n) is 2.14. The lowest BCUT2D eigenvalue weighted by Crippen LogP contribution is -2.39. The fourth-order valence-corrected chi connectivity index (χ4v) is 2.14. The SMILES string of the molecule is CCCCNC(=NC)NCCNc1ccc2ccccc2n1.I. The van der Waals surface area contributed by atoms with Crippen molar-refractivity contribution in [2.24, 2.45) is 4.99 Å². The Hall–Kier alpha value is -1.57. The Morgan fingerprint density at radius 2 is 1.83 bits per heavy atom. The molecule has 0 bridgehead atoms. The number of pyridine rings is 1. The van der Waals surface area contributed by atoms with E-state index in [2.05, 4.69) is 45.0 Å². The first kappa shape index (κ1) is 19.5. The number of anilines is 1. The first-order valence-corrected chi connectivity index (χ1v) is 7.87. The molecule has 0 aliphatic rings. The van der Waals surface area contributed by atoms with Crippen molar-refractivity contribution < 1.29 is 0 Å². The van der Waals surface area contributed by atoms with Crippen LogP contribution in [-0.2, 0) is 0 Å². The topological polar surface area (TPSA) is 61.3 Å². The van der Waals surface area contributed by atoms with Crippen LogP contribution in [0.2, 0.25) is 0 Å². The minimum absolute atomic E-state index is 0. The van der Waals surface area contributed by atoms with E-state index in [1.54, 1.807) is 7.05 Å². The Kier molecular flexibility index (Phi) is 9.35. The normalized spacial score (nSPS) is 11.0. The van der Waals surface area contributed by atoms with E-state index in [0.717, 1.165) is 48.7 Å². The Morgan fingerprint density at radius 3 is 2.61 bits per heavy atom. The summed E-state index contributed by atoms with van der Waals surface area (Å²) in [5.41, 5.74) is 1.01. The van der Waals surface area contributed by atoms with Crippen molar-refractivity contribution in [3.05, 3.63) is 36.4 Å². The number of nitrogens with one attached hydrogen (secondary N) is 3. The molecule has 1 aromatic carbocycles. The van der Waals surface area contributed by atoms with Crippen molar-refractivity contribution in [1.29, 1.82) is 0 Å². The second-order valence-corrected chi connectivity index (χ2v) is 5.10. The molecule has 3 N–H and O–H groups in total. The minimum atomic E-state index is 0.